The van der Waals surface area contributed by atoms with Crippen molar-refractivity contribution in [1.82, 2.24) is 4.90 Å². The van der Waals surface area contributed by atoms with Gasteiger partial charge in [-0.05, 0) is 50.4 Å². The molecule has 0 bridgehead atoms. The fourth-order valence-corrected chi connectivity index (χ4v) is 2.73. The third kappa shape index (κ3) is 3.49. The summed E-state index contributed by atoms with van der Waals surface area (Å²) in [6.45, 7) is 1.40. The molecule has 1 fully saturated rings. The third-order valence-electron chi connectivity index (χ3n) is 3.84. The molecule has 1 unspecified atom stereocenters. The van der Waals surface area contributed by atoms with Gasteiger partial charge in [-0.15, -0.1) is 0 Å². The van der Waals surface area contributed by atoms with E-state index < -0.39 is 0 Å². The highest BCUT2D eigenvalue weighted by Crippen LogP contribution is 2.26. The first-order valence-corrected chi connectivity index (χ1v) is 7.02. The molecule has 1 atom stereocenters. The first kappa shape index (κ1) is 14.8. The van der Waals surface area contributed by atoms with Crippen LogP contribution in [0.25, 0.3) is 0 Å². The Kier molecular flexibility index (Phi) is 4.98. The van der Waals surface area contributed by atoms with Crippen molar-refractivity contribution < 1.29 is 20.1 Å². The van der Waals surface area contributed by atoms with Gasteiger partial charge in [0.1, 0.15) is 0 Å². The highest BCUT2D eigenvalue weighted by Gasteiger charge is 2.26. The molecule has 1 aromatic carbocycles. The minimum atomic E-state index is -0.269. The molecule has 0 aliphatic carbocycles. The Labute approximate surface area is 118 Å². The number of aliphatic hydroxyl groups is 1. The number of benzene rings is 1. The molecule has 1 saturated heterocycles. The maximum atomic E-state index is 12.2. The number of phenols is 2. The fourth-order valence-electron chi connectivity index (χ4n) is 2.73. The van der Waals surface area contributed by atoms with Gasteiger partial charge in [0.05, 0.1) is 6.54 Å². The monoisotopic (exact) mass is 279 g/mol. The fraction of sp³-hybridized carbons (Fsp3) is 0.533. The van der Waals surface area contributed by atoms with Gasteiger partial charge in [0.25, 0.3) is 0 Å². The van der Waals surface area contributed by atoms with Gasteiger partial charge in [-0.3, -0.25) is 9.69 Å². The predicted molar refractivity (Wildman–Crippen MR) is 75.0 cm³/mol. The van der Waals surface area contributed by atoms with Crippen molar-refractivity contribution in [3.05, 3.63) is 23.8 Å². The number of carbonyl (C=O) groups excluding carboxylic acids is 1. The SMILES string of the molecule is O=C(CN1CCCC1CCCO)c1ccc(O)c(O)c1. The number of aliphatic hydroxyl groups excluding tert-OH is 1. The standard InChI is InChI=1S/C15H21NO4/c17-8-2-4-12-3-1-7-16(12)10-15(20)11-5-6-13(18)14(19)9-11/h5-6,9,12,17-19H,1-4,7-8,10H2. The molecule has 1 aromatic rings. The number of aromatic hydroxyl groups is 2. The Hall–Kier alpha value is -1.59. The lowest BCUT2D eigenvalue weighted by Crippen LogP contribution is -2.34. The minimum absolute atomic E-state index is 0.0591. The molecule has 0 spiro atoms. The van der Waals surface area contributed by atoms with Crippen LogP contribution in [0.5, 0.6) is 11.5 Å². The van der Waals surface area contributed by atoms with Crippen molar-refractivity contribution in [2.75, 3.05) is 19.7 Å². The first-order chi connectivity index (χ1) is 9.61. The molecule has 1 heterocycles. The molecule has 0 saturated carbocycles. The molecule has 20 heavy (non-hydrogen) atoms. The van der Waals surface area contributed by atoms with Crippen LogP contribution >= 0.6 is 0 Å². The summed E-state index contributed by atoms with van der Waals surface area (Å²) in [6.07, 6.45) is 3.80. The molecule has 0 radical (unpaired) electrons. The van der Waals surface area contributed by atoms with Gasteiger partial charge in [0.15, 0.2) is 17.3 Å². The Morgan fingerprint density at radius 3 is 2.80 bits per heavy atom. The highest BCUT2D eigenvalue weighted by atomic mass is 16.3. The quantitative estimate of drug-likeness (QED) is 0.543. The summed E-state index contributed by atoms with van der Waals surface area (Å²) in [7, 11) is 0. The van der Waals surface area contributed by atoms with Crippen LogP contribution in [0.15, 0.2) is 18.2 Å². The van der Waals surface area contributed by atoms with Gasteiger partial charge in [-0.25, -0.2) is 0 Å². The van der Waals surface area contributed by atoms with E-state index in [0.29, 0.717) is 18.2 Å². The summed E-state index contributed by atoms with van der Waals surface area (Å²) in [5, 5.41) is 27.6. The zero-order valence-corrected chi connectivity index (χ0v) is 11.5. The molecule has 0 aromatic heterocycles. The van der Waals surface area contributed by atoms with E-state index in [2.05, 4.69) is 4.90 Å². The van der Waals surface area contributed by atoms with E-state index in [1.807, 2.05) is 0 Å². The Bertz CT molecular complexity index is 475. The zero-order valence-electron chi connectivity index (χ0n) is 11.5. The van der Waals surface area contributed by atoms with E-state index in [1.54, 1.807) is 0 Å². The Morgan fingerprint density at radius 1 is 1.30 bits per heavy atom. The second-order valence-electron chi connectivity index (χ2n) is 5.26. The van der Waals surface area contributed by atoms with Gasteiger partial charge in [0, 0.05) is 18.2 Å². The van der Waals surface area contributed by atoms with Gasteiger partial charge in [-0.1, -0.05) is 0 Å². The lowest BCUT2D eigenvalue weighted by atomic mass is 10.1. The number of nitrogens with zero attached hydrogens (tertiary/aromatic N) is 1. The molecule has 5 heteroatoms. The number of Topliss-reactive ketones (excluding diaryl/α,β-unsaturated/α-hetero) is 1. The predicted octanol–water partition coefficient (Wildman–Crippen LogP) is 1.52. The molecule has 3 N–H and O–H groups in total. The topological polar surface area (TPSA) is 81.0 Å². The minimum Gasteiger partial charge on any atom is -0.504 e. The van der Waals surface area contributed by atoms with Gasteiger partial charge >= 0.3 is 0 Å². The summed E-state index contributed by atoms with van der Waals surface area (Å²) in [6, 6.07) is 4.51. The number of hydrogen-bond donors (Lipinski definition) is 3. The van der Waals surface area contributed by atoms with Crippen LogP contribution in [0, 0.1) is 0 Å². The second kappa shape index (κ2) is 6.72. The second-order valence-corrected chi connectivity index (χ2v) is 5.26. The summed E-state index contributed by atoms with van der Waals surface area (Å²) in [5.41, 5.74) is 0.410. The maximum Gasteiger partial charge on any atom is 0.176 e. The first-order valence-electron chi connectivity index (χ1n) is 7.02. The zero-order chi connectivity index (χ0) is 14.5. The van der Waals surface area contributed by atoms with Crippen LogP contribution in [-0.2, 0) is 0 Å². The molecule has 110 valence electrons. The summed E-state index contributed by atoms with van der Waals surface area (Å²) >= 11 is 0. The van der Waals surface area contributed by atoms with Crippen LogP contribution in [-0.4, -0.2) is 51.7 Å². The van der Waals surface area contributed by atoms with Crippen molar-refractivity contribution in [3.63, 3.8) is 0 Å². The largest absolute Gasteiger partial charge is 0.504 e. The number of hydrogen-bond acceptors (Lipinski definition) is 5. The van der Waals surface area contributed by atoms with Crippen LogP contribution in [0.2, 0.25) is 0 Å². The molecule has 1 aliphatic heterocycles. The maximum absolute atomic E-state index is 12.2. The number of phenolic OH excluding ortho intramolecular Hbond substituents is 2. The summed E-state index contributed by atoms with van der Waals surface area (Å²) in [4.78, 5) is 14.3. The van der Waals surface area contributed by atoms with Crippen molar-refractivity contribution in [2.45, 2.75) is 31.7 Å². The number of likely N-dealkylation sites (tertiary alicyclic amines) is 1. The van der Waals surface area contributed by atoms with Gasteiger partial charge in [0.2, 0.25) is 0 Å². The molecular weight excluding hydrogens is 258 g/mol. The van der Waals surface area contributed by atoms with E-state index in [9.17, 15) is 15.0 Å². The van der Waals surface area contributed by atoms with E-state index in [4.69, 9.17) is 5.11 Å². The van der Waals surface area contributed by atoms with E-state index in [0.717, 1.165) is 32.2 Å². The Morgan fingerprint density at radius 2 is 2.10 bits per heavy atom. The van der Waals surface area contributed by atoms with Crippen LogP contribution in [0.3, 0.4) is 0 Å². The summed E-state index contributed by atoms with van der Waals surface area (Å²) < 4.78 is 0. The van der Waals surface area contributed by atoms with Gasteiger partial charge < -0.3 is 15.3 Å². The average Bonchev–Trinajstić information content (AvgIpc) is 2.86. The van der Waals surface area contributed by atoms with Crippen molar-refractivity contribution in [1.29, 1.82) is 0 Å². The van der Waals surface area contributed by atoms with Crippen LogP contribution in [0.4, 0.5) is 0 Å². The smallest absolute Gasteiger partial charge is 0.176 e. The number of rotatable bonds is 6. The van der Waals surface area contributed by atoms with Crippen molar-refractivity contribution in [3.8, 4) is 11.5 Å². The number of ketones is 1. The number of carbonyl (C=O) groups is 1. The normalized spacial score (nSPS) is 19.4. The lowest BCUT2D eigenvalue weighted by molar-refractivity contribution is 0.0915. The molecular formula is C15H21NO4. The van der Waals surface area contributed by atoms with E-state index in [-0.39, 0.29) is 23.9 Å². The highest BCUT2D eigenvalue weighted by molar-refractivity contribution is 5.98. The van der Waals surface area contributed by atoms with Gasteiger partial charge in [-0.2, -0.15) is 0 Å². The van der Waals surface area contributed by atoms with E-state index in [1.165, 1.54) is 18.2 Å². The lowest BCUT2D eigenvalue weighted by Gasteiger charge is -2.23. The van der Waals surface area contributed by atoms with Crippen LogP contribution < -0.4 is 0 Å². The molecule has 2 rings (SSSR count). The Balaban J connectivity index is 1.97. The van der Waals surface area contributed by atoms with E-state index >= 15 is 0 Å². The third-order valence-corrected chi connectivity index (χ3v) is 3.84. The summed E-state index contributed by atoms with van der Waals surface area (Å²) in [5.74, 6) is -0.547. The molecule has 5 nitrogen and oxygen atoms in total. The molecule has 0 amide bonds. The van der Waals surface area contributed by atoms with Crippen molar-refractivity contribution in [2.24, 2.45) is 0 Å². The van der Waals surface area contributed by atoms with Crippen LogP contribution in [0.1, 0.15) is 36.0 Å². The van der Waals surface area contributed by atoms with Crippen molar-refractivity contribution >= 4 is 5.78 Å². The average molecular weight is 279 g/mol. The molecule has 1 aliphatic rings.